The summed E-state index contributed by atoms with van der Waals surface area (Å²) >= 11 is 5.26. The van der Waals surface area contributed by atoms with Gasteiger partial charge in [-0.15, -0.1) is 0 Å². The van der Waals surface area contributed by atoms with Crippen LogP contribution in [0.3, 0.4) is 0 Å². The lowest BCUT2D eigenvalue weighted by Crippen LogP contribution is -2.31. The van der Waals surface area contributed by atoms with Crippen molar-refractivity contribution in [1.82, 2.24) is 0 Å². The fourth-order valence-electron chi connectivity index (χ4n) is 1.17. The highest BCUT2D eigenvalue weighted by Gasteiger charge is 2.45. The SMILES string of the molecule is CC1(C)OC(=O)CC1C(=O)Cl. The van der Waals surface area contributed by atoms with E-state index in [9.17, 15) is 9.59 Å². The number of hydrogen-bond acceptors (Lipinski definition) is 3. The maximum Gasteiger partial charge on any atom is 0.307 e. The van der Waals surface area contributed by atoms with Gasteiger partial charge in [0.05, 0.1) is 12.3 Å². The highest BCUT2D eigenvalue weighted by Crippen LogP contribution is 2.33. The summed E-state index contributed by atoms with van der Waals surface area (Å²) in [6.07, 6.45) is 0.106. The van der Waals surface area contributed by atoms with Crippen molar-refractivity contribution in [2.45, 2.75) is 25.9 Å². The Morgan fingerprint density at radius 2 is 2.27 bits per heavy atom. The van der Waals surface area contributed by atoms with Gasteiger partial charge < -0.3 is 4.74 Å². The van der Waals surface area contributed by atoms with Crippen molar-refractivity contribution in [2.75, 3.05) is 0 Å². The predicted octanol–water partition coefficient (Wildman–Crippen LogP) is 1.09. The van der Waals surface area contributed by atoms with Crippen molar-refractivity contribution in [3.8, 4) is 0 Å². The molecule has 1 unspecified atom stereocenters. The Kier molecular flexibility index (Phi) is 1.92. The minimum atomic E-state index is -0.726. The number of rotatable bonds is 1. The first-order valence-corrected chi connectivity index (χ1v) is 3.72. The fraction of sp³-hybridized carbons (Fsp3) is 0.714. The second kappa shape index (κ2) is 2.48. The second-order valence-electron chi connectivity index (χ2n) is 3.14. The van der Waals surface area contributed by atoms with E-state index < -0.39 is 16.8 Å². The van der Waals surface area contributed by atoms with Gasteiger partial charge in [-0.05, 0) is 25.4 Å². The van der Waals surface area contributed by atoms with Gasteiger partial charge >= 0.3 is 5.97 Å². The van der Waals surface area contributed by atoms with E-state index in [4.69, 9.17) is 16.3 Å². The normalized spacial score (nSPS) is 28.3. The molecule has 0 aromatic heterocycles. The van der Waals surface area contributed by atoms with Crippen LogP contribution >= 0.6 is 11.6 Å². The molecule has 1 aliphatic rings. The number of esters is 1. The van der Waals surface area contributed by atoms with Crippen LogP contribution in [0.2, 0.25) is 0 Å². The van der Waals surface area contributed by atoms with Gasteiger partial charge in [0.2, 0.25) is 5.24 Å². The zero-order valence-electron chi connectivity index (χ0n) is 6.39. The number of halogens is 1. The summed E-state index contributed by atoms with van der Waals surface area (Å²) in [5.41, 5.74) is -0.726. The third kappa shape index (κ3) is 1.53. The summed E-state index contributed by atoms with van der Waals surface area (Å²) in [4.78, 5) is 21.5. The molecular weight excluding hydrogens is 168 g/mol. The minimum Gasteiger partial charge on any atom is -0.459 e. The molecule has 1 atom stereocenters. The summed E-state index contributed by atoms with van der Waals surface area (Å²) in [5, 5.41) is -0.499. The molecule has 0 bridgehead atoms. The summed E-state index contributed by atoms with van der Waals surface area (Å²) < 4.78 is 4.88. The van der Waals surface area contributed by atoms with Crippen LogP contribution in [0, 0.1) is 5.92 Å². The topological polar surface area (TPSA) is 43.4 Å². The molecule has 0 saturated carbocycles. The van der Waals surface area contributed by atoms with E-state index in [0.29, 0.717) is 0 Å². The molecule has 0 N–H and O–H groups in total. The number of ether oxygens (including phenoxy) is 1. The molecule has 0 amide bonds. The minimum absolute atomic E-state index is 0.106. The molecule has 4 heteroatoms. The summed E-state index contributed by atoms with van der Waals surface area (Å²) in [5.74, 6) is -0.842. The van der Waals surface area contributed by atoms with Crippen molar-refractivity contribution in [1.29, 1.82) is 0 Å². The molecule has 1 heterocycles. The Balaban J connectivity index is 2.82. The Bertz CT molecular complexity index is 210. The summed E-state index contributed by atoms with van der Waals surface area (Å²) in [6, 6.07) is 0. The van der Waals surface area contributed by atoms with Crippen LogP contribution in [0.25, 0.3) is 0 Å². The van der Waals surface area contributed by atoms with Gasteiger partial charge in [0.25, 0.3) is 0 Å². The van der Waals surface area contributed by atoms with Crippen molar-refractivity contribution in [3.63, 3.8) is 0 Å². The molecule has 0 spiro atoms. The van der Waals surface area contributed by atoms with Crippen molar-refractivity contribution in [2.24, 2.45) is 5.92 Å². The Morgan fingerprint density at radius 1 is 1.73 bits per heavy atom. The molecule has 62 valence electrons. The largest absolute Gasteiger partial charge is 0.459 e. The molecule has 0 aliphatic carbocycles. The van der Waals surface area contributed by atoms with Gasteiger partial charge in [0, 0.05) is 0 Å². The average Bonchev–Trinajstić information content (AvgIpc) is 2.04. The van der Waals surface area contributed by atoms with Gasteiger partial charge in [-0.3, -0.25) is 9.59 Å². The first-order valence-electron chi connectivity index (χ1n) is 3.34. The first kappa shape index (κ1) is 8.53. The van der Waals surface area contributed by atoms with E-state index in [0.717, 1.165) is 0 Å². The molecule has 3 nitrogen and oxygen atoms in total. The monoisotopic (exact) mass is 176 g/mol. The van der Waals surface area contributed by atoms with Crippen molar-refractivity contribution in [3.05, 3.63) is 0 Å². The zero-order chi connectivity index (χ0) is 8.65. The maximum atomic E-state index is 10.7. The van der Waals surface area contributed by atoms with Crippen LogP contribution in [0.1, 0.15) is 20.3 Å². The molecule has 0 radical (unpaired) electrons. The van der Waals surface area contributed by atoms with Gasteiger partial charge in [0.1, 0.15) is 5.60 Å². The molecular formula is C7H9ClO3. The van der Waals surface area contributed by atoms with E-state index in [2.05, 4.69) is 0 Å². The van der Waals surface area contributed by atoms with Crippen LogP contribution < -0.4 is 0 Å². The van der Waals surface area contributed by atoms with Crippen LogP contribution in [0.4, 0.5) is 0 Å². The van der Waals surface area contributed by atoms with E-state index in [1.165, 1.54) is 0 Å². The molecule has 1 fully saturated rings. The Morgan fingerprint density at radius 3 is 2.45 bits per heavy atom. The van der Waals surface area contributed by atoms with Crippen LogP contribution in [0.5, 0.6) is 0 Å². The number of hydrogen-bond donors (Lipinski definition) is 0. The standard InChI is InChI=1S/C7H9ClO3/c1-7(2)4(6(8)10)3-5(9)11-7/h4H,3H2,1-2H3. The third-order valence-corrected chi connectivity index (χ3v) is 2.12. The van der Waals surface area contributed by atoms with E-state index in [-0.39, 0.29) is 12.4 Å². The zero-order valence-corrected chi connectivity index (χ0v) is 7.14. The lowest BCUT2D eigenvalue weighted by Gasteiger charge is -2.21. The highest BCUT2D eigenvalue weighted by atomic mass is 35.5. The predicted molar refractivity (Wildman–Crippen MR) is 39.1 cm³/mol. The number of carbonyl (C=O) groups is 2. The fourth-order valence-corrected chi connectivity index (χ4v) is 1.51. The Hall–Kier alpha value is -0.570. The van der Waals surface area contributed by atoms with E-state index >= 15 is 0 Å². The quantitative estimate of drug-likeness (QED) is 0.444. The van der Waals surface area contributed by atoms with Crippen molar-refractivity contribution >= 4 is 22.8 Å². The summed E-state index contributed by atoms with van der Waals surface area (Å²) in [7, 11) is 0. The van der Waals surface area contributed by atoms with Crippen LogP contribution in [-0.4, -0.2) is 16.8 Å². The van der Waals surface area contributed by atoms with Crippen LogP contribution in [-0.2, 0) is 14.3 Å². The Labute approximate surface area is 69.7 Å². The molecule has 11 heavy (non-hydrogen) atoms. The highest BCUT2D eigenvalue weighted by molar-refractivity contribution is 6.64. The number of carbonyl (C=O) groups excluding carboxylic acids is 2. The summed E-state index contributed by atoms with van der Waals surface area (Å²) in [6.45, 7) is 3.37. The van der Waals surface area contributed by atoms with Crippen molar-refractivity contribution < 1.29 is 14.3 Å². The maximum absolute atomic E-state index is 10.7. The molecule has 1 rings (SSSR count). The lowest BCUT2D eigenvalue weighted by molar-refractivity contribution is -0.146. The average molecular weight is 177 g/mol. The smallest absolute Gasteiger partial charge is 0.307 e. The molecule has 0 aromatic carbocycles. The molecule has 1 aliphatic heterocycles. The van der Waals surface area contributed by atoms with Crippen LogP contribution in [0.15, 0.2) is 0 Å². The second-order valence-corrected chi connectivity index (χ2v) is 3.51. The molecule has 0 aromatic rings. The van der Waals surface area contributed by atoms with Gasteiger partial charge in [-0.2, -0.15) is 0 Å². The third-order valence-electron chi connectivity index (χ3n) is 1.86. The van der Waals surface area contributed by atoms with E-state index in [1.54, 1.807) is 13.8 Å². The lowest BCUT2D eigenvalue weighted by atomic mass is 9.92. The first-order chi connectivity index (χ1) is 4.93. The van der Waals surface area contributed by atoms with Gasteiger partial charge in [-0.1, -0.05) is 0 Å². The van der Waals surface area contributed by atoms with E-state index in [1.807, 2.05) is 0 Å². The van der Waals surface area contributed by atoms with Gasteiger partial charge in [-0.25, -0.2) is 0 Å². The van der Waals surface area contributed by atoms with Gasteiger partial charge in [0.15, 0.2) is 0 Å². The molecule has 1 saturated heterocycles. The number of cyclic esters (lactones) is 1.